The lowest BCUT2D eigenvalue weighted by Crippen LogP contribution is -2.22. The minimum absolute atomic E-state index is 0.341. The van der Waals surface area contributed by atoms with Crippen LogP contribution in [-0.4, -0.2) is 0 Å². The molecule has 1 aromatic rings. The van der Waals surface area contributed by atoms with Gasteiger partial charge in [0.25, 0.3) is 0 Å². The lowest BCUT2D eigenvalue weighted by molar-refractivity contribution is 0.379. The van der Waals surface area contributed by atoms with E-state index in [4.69, 9.17) is 0 Å². The topological polar surface area (TPSA) is 0 Å². The molecule has 0 saturated heterocycles. The molecule has 0 atom stereocenters. The molecule has 1 heteroatoms. The Morgan fingerprint density at radius 3 is 2.36 bits per heavy atom. The molecule has 0 radical (unpaired) electrons. The predicted molar refractivity (Wildman–Crippen MR) is 52.2 cm³/mol. The minimum atomic E-state index is 0.341. The van der Waals surface area contributed by atoms with Crippen LogP contribution in [0.4, 0.5) is 0 Å². The van der Waals surface area contributed by atoms with E-state index < -0.39 is 0 Å². The van der Waals surface area contributed by atoms with E-state index in [0.29, 0.717) is 11.3 Å². The smallest absolute Gasteiger partial charge is 0.0104 e. The molecule has 0 aliphatic carbocycles. The highest BCUT2D eigenvalue weighted by atomic mass is 32.1. The van der Waals surface area contributed by atoms with E-state index in [1.54, 1.807) is 0 Å². The fraction of sp³-hybridized carbons (Fsp3) is 0.600. The van der Waals surface area contributed by atoms with E-state index in [1.165, 1.54) is 4.88 Å². The van der Waals surface area contributed by atoms with Crippen molar-refractivity contribution in [3.63, 3.8) is 0 Å². The molecule has 0 fully saturated rings. The van der Waals surface area contributed by atoms with Gasteiger partial charge in [0.15, 0.2) is 0 Å². The second-order valence-electron chi connectivity index (χ2n) is 3.85. The van der Waals surface area contributed by atoms with Crippen molar-refractivity contribution in [1.82, 2.24) is 0 Å². The Labute approximate surface area is 73.3 Å². The molecule has 0 bridgehead atoms. The van der Waals surface area contributed by atoms with E-state index in [-0.39, 0.29) is 0 Å². The van der Waals surface area contributed by atoms with Crippen molar-refractivity contribution in [2.75, 3.05) is 0 Å². The second kappa shape index (κ2) is 2.98. The van der Waals surface area contributed by atoms with Gasteiger partial charge in [-0.25, -0.2) is 0 Å². The zero-order chi connectivity index (χ0) is 8.48. The molecule has 0 amide bonds. The van der Waals surface area contributed by atoms with E-state index >= 15 is 0 Å². The summed E-state index contributed by atoms with van der Waals surface area (Å²) in [6.45, 7) is 9.17. The first kappa shape index (κ1) is 8.79. The van der Waals surface area contributed by atoms with Crippen LogP contribution in [0.25, 0.3) is 0 Å². The first-order valence-corrected chi connectivity index (χ1v) is 4.97. The molecule has 0 nitrogen and oxygen atoms in total. The summed E-state index contributed by atoms with van der Waals surface area (Å²) < 4.78 is 0. The largest absolute Gasteiger partial charge is 0.148 e. The van der Waals surface area contributed by atoms with Gasteiger partial charge in [-0.2, -0.15) is 0 Å². The van der Waals surface area contributed by atoms with Crippen LogP contribution in [-0.2, 0) is 5.41 Å². The van der Waals surface area contributed by atoms with Gasteiger partial charge in [0.1, 0.15) is 0 Å². The first-order chi connectivity index (χ1) is 5.05. The highest BCUT2D eigenvalue weighted by molar-refractivity contribution is 7.10. The zero-order valence-electron chi connectivity index (χ0n) is 7.72. The molecule has 1 aromatic heterocycles. The Kier molecular flexibility index (Phi) is 2.38. The van der Waals surface area contributed by atoms with Crippen molar-refractivity contribution in [3.05, 3.63) is 22.4 Å². The van der Waals surface area contributed by atoms with Crippen LogP contribution in [0.15, 0.2) is 17.5 Å². The van der Waals surface area contributed by atoms with Crippen molar-refractivity contribution >= 4 is 11.3 Å². The summed E-state index contributed by atoms with van der Waals surface area (Å²) in [4.78, 5) is 1.49. The maximum atomic E-state index is 2.31. The van der Waals surface area contributed by atoms with Crippen LogP contribution < -0.4 is 0 Å². The third-order valence-corrected chi connectivity index (χ3v) is 3.81. The van der Waals surface area contributed by atoms with Crippen LogP contribution in [0.1, 0.15) is 32.6 Å². The van der Waals surface area contributed by atoms with E-state index in [9.17, 15) is 0 Å². The van der Waals surface area contributed by atoms with Crippen LogP contribution in [0.3, 0.4) is 0 Å². The lowest BCUT2D eigenvalue weighted by Gasteiger charge is -2.27. The van der Waals surface area contributed by atoms with Gasteiger partial charge in [0, 0.05) is 10.3 Å². The summed E-state index contributed by atoms with van der Waals surface area (Å²) >= 11 is 1.86. The van der Waals surface area contributed by atoms with Crippen molar-refractivity contribution in [2.24, 2.45) is 5.92 Å². The maximum Gasteiger partial charge on any atom is 0.0104 e. The van der Waals surface area contributed by atoms with Crippen molar-refractivity contribution in [3.8, 4) is 0 Å². The number of rotatable bonds is 2. The molecule has 0 unspecified atom stereocenters. The average Bonchev–Trinajstić information content (AvgIpc) is 2.37. The Balaban J connectivity index is 2.90. The van der Waals surface area contributed by atoms with Crippen molar-refractivity contribution in [2.45, 2.75) is 33.1 Å². The quantitative estimate of drug-likeness (QED) is 0.632. The number of hydrogen-bond donors (Lipinski definition) is 0. The fourth-order valence-corrected chi connectivity index (χ4v) is 1.93. The Morgan fingerprint density at radius 2 is 2.00 bits per heavy atom. The summed E-state index contributed by atoms with van der Waals surface area (Å²) in [5.41, 5.74) is 0.341. The molecular weight excluding hydrogens is 152 g/mol. The molecule has 0 saturated carbocycles. The third kappa shape index (κ3) is 1.64. The van der Waals surface area contributed by atoms with Crippen LogP contribution >= 0.6 is 11.3 Å². The zero-order valence-corrected chi connectivity index (χ0v) is 8.53. The summed E-state index contributed by atoms with van der Waals surface area (Å²) in [6, 6.07) is 4.36. The normalized spacial score (nSPS) is 12.5. The summed E-state index contributed by atoms with van der Waals surface area (Å²) in [7, 11) is 0. The highest BCUT2D eigenvalue weighted by Gasteiger charge is 2.25. The van der Waals surface area contributed by atoms with Gasteiger partial charge in [-0.3, -0.25) is 0 Å². The predicted octanol–water partition coefficient (Wildman–Crippen LogP) is 3.68. The molecule has 0 N–H and O–H groups in total. The van der Waals surface area contributed by atoms with Crippen LogP contribution in [0.5, 0.6) is 0 Å². The molecule has 1 rings (SSSR count). The Bertz CT molecular complexity index is 207. The highest BCUT2D eigenvalue weighted by Crippen LogP contribution is 2.33. The first-order valence-electron chi connectivity index (χ1n) is 4.09. The van der Waals surface area contributed by atoms with Gasteiger partial charge in [-0.15, -0.1) is 11.3 Å². The third-order valence-electron chi connectivity index (χ3n) is 2.60. The van der Waals surface area contributed by atoms with Crippen molar-refractivity contribution < 1.29 is 0 Å². The van der Waals surface area contributed by atoms with Crippen molar-refractivity contribution in [1.29, 1.82) is 0 Å². The van der Waals surface area contributed by atoms with E-state index in [2.05, 4.69) is 45.2 Å². The van der Waals surface area contributed by atoms with Gasteiger partial charge in [-0.1, -0.05) is 33.8 Å². The molecule has 11 heavy (non-hydrogen) atoms. The maximum absolute atomic E-state index is 2.31. The SMILES string of the molecule is CC(C)C(C)(C)c1cccs1. The number of hydrogen-bond acceptors (Lipinski definition) is 1. The standard InChI is InChI=1S/C10H16S/c1-8(2)10(3,4)9-6-5-7-11-9/h5-8H,1-4H3. The van der Waals surface area contributed by atoms with Gasteiger partial charge < -0.3 is 0 Å². The fourth-order valence-electron chi connectivity index (χ4n) is 0.930. The summed E-state index contributed by atoms with van der Waals surface area (Å²) in [5.74, 6) is 0.709. The van der Waals surface area contributed by atoms with Gasteiger partial charge in [0.2, 0.25) is 0 Å². The number of thiophene rings is 1. The average molecular weight is 168 g/mol. The Morgan fingerprint density at radius 1 is 1.36 bits per heavy atom. The molecule has 62 valence electrons. The van der Waals surface area contributed by atoms with Crippen LogP contribution in [0.2, 0.25) is 0 Å². The molecular formula is C10H16S. The van der Waals surface area contributed by atoms with Gasteiger partial charge >= 0.3 is 0 Å². The molecule has 0 spiro atoms. The summed E-state index contributed by atoms with van der Waals surface area (Å²) in [5, 5.41) is 2.15. The monoisotopic (exact) mass is 168 g/mol. The Hall–Kier alpha value is -0.300. The minimum Gasteiger partial charge on any atom is -0.148 e. The molecule has 0 aliphatic rings. The second-order valence-corrected chi connectivity index (χ2v) is 4.80. The molecule has 0 aliphatic heterocycles. The van der Waals surface area contributed by atoms with E-state index in [1.807, 2.05) is 11.3 Å². The van der Waals surface area contributed by atoms with Crippen LogP contribution in [0, 0.1) is 5.92 Å². The van der Waals surface area contributed by atoms with Gasteiger partial charge in [0.05, 0.1) is 0 Å². The van der Waals surface area contributed by atoms with E-state index in [0.717, 1.165) is 0 Å². The molecule has 0 aromatic carbocycles. The lowest BCUT2D eigenvalue weighted by atomic mass is 9.80. The molecule has 1 heterocycles. The van der Waals surface area contributed by atoms with Gasteiger partial charge in [-0.05, 0) is 17.4 Å². The summed E-state index contributed by atoms with van der Waals surface area (Å²) in [6.07, 6.45) is 0.